The fourth-order valence-corrected chi connectivity index (χ4v) is 2.75. The monoisotopic (exact) mass is 270 g/mol. The van der Waals surface area contributed by atoms with Crippen LogP contribution in [0.15, 0.2) is 18.2 Å². The van der Waals surface area contributed by atoms with E-state index >= 15 is 0 Å². The minimum atomic E-state index is -0.540. The number of nitrogens with zero attached hydrogens (tertiary/aromatic N) is 1. The van der Waals surface area contributed by atoms with Gasteiger partial charge in [-0.15, -0.1) is 0 Å². The van der Waals surface area contributed by atoms with Crippen molar-refractivity contribution in [1.29, 1.82) is 0 Å². The van der Waals surface area contributed by atoms with E-state index in [2.05, 4.69) is 0 Å². The summed E-state index contributed by atoms with van der Waals surface area (Å²) in [6.07, 6.45) is 0.0697. The summed E-state index contributed by atoms with van der Waals surface area (Å²) in [6, 6.07) is 3.46. The standard InChI is InChI=1S/C14H20F2N2O/c1-9-7-18(8-10(2)19-9)13(6-17)14-11(15)4-3-5-12(14)16/h3-5,9-10,13H,6-8,17H2,1-2H3/t9-,10-,13-/m1/s1. The van der Waals surface area contributed by atoms with Crippen LogP contribution in [-0.2, 0) is 4.74 Å². The van der Waals surface area contributed by atoms with Crippen molar-refractivity contribution in [3.63, 3.8) is 0 Å². The summed E-state index contributed by atoms with van der Waals surface area (Å²) in [5.41, 5.74) is 5.81. The molecule has 0 spiro atoms. The third-order valence-corrected chi connectivity index (χ3v) is 3.44. The van der Waals surface area contributed by atoms with Crippen LogP contribution in [0.5, 0.6) is 0 Å². The number of hydrogen-bond acceptors (Lipinski definition) is 3. The summed E-state index contributed by atoms with van der Waals surface area (Å²) >= 11 is 0. The van der Waals surface area contributed by atoms with Gasteiger partial charge in [0.25, 0.3) is 0 Å². The molecule has 0 radical (unpaired) electrons. The number of benzene rings is 1. The highest BCUT2D eigenvalue weighted by atomic mass is 19.1. The first-order chi connectivity index (χ1) is 9.02. The van der Waals surface area contributed by atoms with Gasteiger partial charge in [0.2, 0.25) is 0 Å². The fourth-order valence-electron chi connectivity index (χ4n) is 2.75. The molecule has 5 heteroatoms. The first kappa shape index (κ1) is 14.4. The predicted molar refractivity (Wildman–Crippen MR) is 69.7 cm³/mol. The van der Waals surface area contributed by atoms with Crippen molar-refractivity contribution in [3.05, 3.63) is 35.4 Å². The zero-order chi connectivity index (χ0) is 14.0. The van der Waals surface area contributed by atoms with Crippen LogP contribution in [-0.4, -0.2) is 36.7 Å². The van der Waals surface area contributed by atoms with Crippen molar-refractivity contribution < 1.29 is 13.5 Å². The molecule has 1 aromatic carbocycles. The van der Waals surface area contributed by atoms with Gasteiger partial charge in [0.05, 0.1) is 18.2 Å². The maximum absolute atomic E-state index is 13.9. The van der Waals surface area contributed by atoms with Gasteiger partial charge >= 0.3 is 0 Å². The molecule has 0 bridgehead atoms. The van der Waals surface area contributed by atoms with Crippen molar-refractivity contribution in [3.8, 4) is 0 Å². The summed E-state index contributed by atoms with van der Waals surface area (Å²) in [4.78, 5) is 2.00. The Balaban J connectivity index is 2.29. The van der Waals surface area contributed by atoms with E-state index in [0.29, 0.717) is 13.1 Å². The van der Waals surface area contributed by atoms with Gasteiger partial charge in [0.1, 0.15) is 11.6 Å². The topological polar surface area (TPSA) is 38.5 Å². The second-order valence-electron chi connectivity index (χ2n) is 5.10. The molecule has 106 valence electrons. The van der Waals surface area contributed by atoms with E-state index in [1.807, 2.05) is 18.7 Å². The third kappa shape index (κ3) is 3.11. The van der Waals surface area contributed by atoms with Crippen LogP contribution < -0.4 is 5.73 Å². The highest BCUT2D eigenvalue weighted by molar-refractivity contribution is 5.24. The highest BCUT2D eigenvalue weighted by Crippen LogP contribution is 2.28. The molecule has 1 aliphatic rings. The zero-order valence-corrected chi connectivity index (χ0v) is 11.3. The SMILES string of the molecule is C[C@@H]1CN([C@H](CN)c2c(F)cccc2F)C[C@@H](C)O1. The highest BCUT2D eigenvalue weighted by Gasteiger charge is 2.31. The van der Waals surface area contributed by atoms with Crippen LogP contribution in [0.25, 0.3) is 0 Å². The molecule has 0 aliphatic carbocycles. The molecule has 19 heavy (non-hydrogen) atoms. The van der Waals surface area contributed by atoms with Gasteiger partial charge in [0, 0.05) is 25.2 Å². The molecule has 1 aromatic rings. The van der Waals surface area contributed by atoms with E-state index in [-0.39, 0.29) is 24.3 Å². The van der Waals surface area contributed by atoms with E-state index in [0.717, 1.165) is 0 Å². The Morgan fingerprint density at radius 1 is 1.26 bits per heavy atom. The number of ether oxygens (including phenoxy) is 1. The second kappa shape index (κ2) is 5.94. The van der Waals surface area contributed by atoms with Gasteiger partial charge in [-0.2, -0.15) is 0 Å². The normalized spacial score (nSPS) is 26.4. The molecule has 2 N–H and O–H groups in total. The Hall–Kier alpha value is -1.04. The van der Waals surface area contributed by atoms with Crippen LogP contribution in [0.2, 0.25) is 0 Å². The fraction of sp³-hybridized carbons (Fsp3) is 0.571. The lowest BCUT2D eigenvalue weighted by Gasteiger charge is -2.40. The molecule has 1 aliphatic heterocycles. The van der Waals surface area contributed by atoms with Gasteiger partial charge in [-0.3, -0.25) is 4.90 Å². The Morgan fingerprint density at radius 3 is 2.26 bits per heavy atom. The van der Waals surface area contributed by atoms with Crippen LogP contribution in [0.3, 0.4) is 0 Å². The van der Waals surface area contributed by atoms with Crippen LogP contribution in [0, 0.1) is 11.6 Å². The summed E-state index contributed by atoms with van der Waals surface area (Å²) < 4.78 is 33.4. The molecule has 0 aromatic heterocycles. The van der Waals surface area contributed by atoms with Crippen LogP contribution in [0.4, 0.5) is 8.78 Å². The Bertz CT molecular complexity index is 411. The van der Waals surface area contributed by atoms with Crippen molar-refractivity contribution in [1.82, 2.24) is 4.90 Å². The molecule has 0 amide bonds. The summed E-state index contributed by atoms with van der Waals surface area (Å²) in [5, 5.41) is 0. The van der Waals surface area contributed by atoms with Gasteiger partial charge in [-0.05, 0) is 26.0 Å². The smallest absolute Gasteiger partial charge is 0.130 e. The molecule has 3 nitrogen and oxygen atoms in total. The van der Waals surface area contributed by atoms with Crippen molar-refractivity contribution in [2.45, 2.75) is 32.1 Å². The number of rotatable bonds is 3. The quantitative estimate of drug-likeness (QED) is 0.914. The molecule has 2 rings (SSSR count). The first-order valence-corrected chi connectivity index (χ1v) is 6.56. The van der Waals surface area contributed by atoms with E-state index in [1.54, 1.807) is 0 Å². The largest absolute Gasteiger partial charge is 0.373 e. The molecular weight excluding hydrogens is 250 g/mol. The average molecular weight is 270 g/mol. The minimum Gasteiger partial charge on any atom is -0.373 e. The Morgan fingerprint density at radius 2 is 1.79 bits per heavy atom. The predicted octanol–water partition coefficient (Wildman–Crippen LogP) is 2.07. The number of morpholine rings is 1. The molecule has 1 heterocycles. The van der Waals surface area contributed by atoms with Crippen LogP contribution in [0.1, 0.15) is 25.5 Å². The lowest BCUT2D eigenvalue weighted by molar-refractivity contribution is -0.0806. The van der Waals surface area contributed by atoms with Gasteiger partial charge in [-0.1, -0.05) is 6.07 Å². The van der Waals surface area contributed by atoms with Crippen LogP contribution >= 0.6 is 0 Å². The molecule has 0 saturated carbocycles. The molecule has 1 saturated heterocycles. The van der Waals surface area contributed by atoms with E-state index in [1.165, 1.54) is 18.2 Å². The Labute approximate surface area is 112 Å². The number of nitrogens with two attached hydrogens (primary N) is 1. The molecule has 3 atom stereocenters. The minimum absolute atomic E-state index is 0.0348. The van der Waals surface area contributed by atoms with Gasteiger partial charge in [-0.25, -0.2) is 8.78 Å². The summed E-state index contributed by atoms with van der Waals surface area (Å²) in [7, 11) is 0. The number of hydrogen-bond donors (Lipinski definition) is 1. The maximum atomic E-state index is 13.9. The summed E-state index contributed by atoms with van der Waals surface area (Å²) in [6.45, 7) is 5.33. The van der Waals surface area contributed by atoms with Crippen molar-refractivity contribution in [2.24, 2.45) is 5.73 Å². The van der Waals surface area contributed by atoms with Crippen molar-refractivity contribution >= 4 is 0 Å². The molecule has 0 unspecified atom stereocenters. The molecule has 1 fully saturated rings. The maximum Gasteiger partial charge on any atom is 0.130 e. The van der Waals surface area contributed by atoms with Gasteiger partial charge in [0.15, 0.2) is 0 Å². The van der Waals surface area contributed by atoms with E-state index < -0.39 is 17.7 Å². The molecular formula is C14H20F2N2O. The second-order valence-corrected chi connectivity index (χ2v) is 5.10. The number of halogens is 2. The first-order valence-electron chi connectivity index (χ1n) is 6.56. The lowest BCUT2D eigenvalue weighted by atomic mass is 10.0. The van der Waals surface area contributed by atoms with E-state index in [4.69, 9.17) is 10.5 Å². The summed E-state index contributed by atoms with van der Waals surface area (Å²) in [5.74, 6) is -1.08. The Kier molecular flexibility index (Phi) is 4.50. The lowest BCUT2D eigenvalue weighted by Crippen LogP contribution is -2.48. The van der Waals surface area contributed by atoms with E-state index in [9.17, 15) is 8.78 Å². The van der Waals surface area contributed by atoms with Crippen molar-refractivity contribution in [2.75, 3.05) is 19.6 Å². The third-order valence-electron chi connectivity index (χ3n) is 3.44. The van der Waals surface area contributed by atoms with Gasteiger partial charge < -0.3 is 10.5 Å². The average Bonchev–Trinajstić information content (AvgIpc) is 2.32. The zero-order valence-electron chi connectivity index (χ0n) is 11.3.